The van der Waals surface area contributed by atoms with Gasteiger partial charge in [-0.25, -0.2) is 13.6 Å². The van der Waals surface area contributed by atoms with Crippen LogP contribution in [0.3, 0.4) is 0 Å². The molecule has 0 bridgehead atoms. The van der Waals surface area contributed by atoms with E-state index in [1.807, 2.05) is 0 Å². The SMILES string of the molecule is O=C(O)[C@H]1CCC(=O)N1Cc1cc(F)cc(F)c1. The van der Waals surface area contributed by atoms with Crippen LogP contribution in [0, 0.1) is 11.6 Å². The second-order valence-corrected chi connectivity index (χ2v) is 4.19. The first-order valence-electron chi connectivity index (χ1n) is 5.44. The third kappa shape index (κ3) is 2.47. The first-order valence-corrected chi connectivity index (χ1v) is 5.44. The van der Waals surface area contributed by atoms with Crippen molar-refractivity contribution in [3.8, 4) is 0 Å². The molecule has 1 amide bonds. The van der Waals surface area contributed by atoms with Crippen LogP contribution in [-0.2, 0) is 16.1 Å². The minimum Gasteiger partial charge on any atom is -0.480 e. The van der Waals surface area contributed by atoms with Gasteiger partial charge in [0, 0.05) is 19.0 Å². The van der Waals surface area contributed by atoms with Gasteiger partial charge in [-0.15, -0.1) is 0 Å². The molecule has 1 N–H and O–H groups in total. The van der Waals surface area contributed by atoms with Crippen LogP contribution in [0.25, 0.3) is 0 Å². The number of aliphatic carboxylic acids is 1. The average molecular weight is 255 g/mol. The van der Waals surface area contributed by atoms with Gasteiger partial charge in [0.15, 0.2) is 0 Å². The second kappa shape index (κ2) is 4.72. The Kier molecular flexibility index (Phi) is 3.27. The molecule has 6 heteroatoms. The van der Waals surface area contributed by atoms with Crippen molar-refractivity contribution >= 4 is 11.9 Å². The van der Waals surface area contributed by atoms with Crippen LogP contribution in [0.5, 0.6) is 0 Å². The number of carboxylic acid groups (broad SMARTS) is 1. The summed E-state index contributed by atoms with van der Waals surface area (Å²) in [6.07, 6.45) is 0.376. The highest BCUT2D eigenvalue weighted by Crippen LogP contribution is 2.22. The van der Waals surface area contributed by atoms with Gasteiger partial charge in [-0.2, -0.15) is 0 Å². The Hall–Kier alpha value is -1.98. The maximum Gasteiger partial charge on any atom is 0.326 e. The molecule has 18 heavy (non-hydrogen) atoms. The number of nitrogens with zero attached hydrogens (tertiary/aromatic N) is 1. The van der Waals surface area contributed by atoms with Crippen molar-refractivity contribution in [1.29, 1.82) is 0 Å². The molecule has 2 rings (SSSR count). The highest BCUT2D eigenvalue weighted by atomic mass is 19.1. The average Bonchev–Trinajstić information content (AvgIpc) is 2.59. The van der Waals surface area contributed by atoms with E-state index in [2.05, 4.69) is 0 Å². The van der Waals surface area contributed by atoms with Crippen molar-refractivity contribution in [1.82, 2.24) is 4.90 Å². The molecule has 1 aromatic carbocycles. The molecule has 1 heterocycles. The van der Waals surface area contributed by atoms with Crippen molar-refractivity contribution in [3.05, 3.63) is 35.4 Å². The zero-order chi connectivity index (χ0) is 13.3. The molecule has 1 aliphatic rings. The van der Waals surface area contributed by atoms with Crippen LogP contribution in [0.2, 0.25) is 0 Å². The molecule has 0 aromatic heterocycles. The summed E-state index contributed by atoms with van der Waals surface area (Å²) in [6.45, 7) is -0.0928. The topological polar surface area (TPSA) is 57.6 Å². The molecule has 1 aromatic rings. The number of hydrogen-bond donors (Lipinski definition) is 1. The molecule has 0 unspecified atom stereocenters. The third-order valence-corrected chi connectivity index (χ3v) is 2.89. The van der Waals surface area contributed by atoms with Gasteiger partial charge in [-0.3, -0.25) is 4.79 Å². The largest absolute Gasteiger partial charge is 0.480 e. The van der Waals surface area contributed by atoms with Gasteiger partial charge in [0.25, 0.3) is 0 Å². The molecular weight excluding hydrogens is 244 g/mol. The van der Waals surface area contributed by atoms with Crippen LogP contribution in [-0.4, -0.2) is 27.9 Å². The van der Waals surface area contributed by atoms with E-state index < -0.39 is 23.6 Å². The fourth-order valence-electron chi connectivity index (χ4n) is 2.09. The van der Waals surface area contributed by atoms with Crippen molar-refractivity contribution in [2.24, 2.45) is 0 Å². The standard InChI is InChI=1S/C12H11F2NO3/c13-8-3-7(4-9(14)5-8)6-15-10(12(17)18)1-2-11(15)16/h3-5,10H,1-2,6H2,(H,17,18)/t10-/m1/s1. The van der Waals surface area contributed by atoms with E-state index in [4.69, 9.17) is 5.11 Å². The number of carbonyl (C=O) groups is 2. The van der Waals surface area contributed by atoms with E-state index in [1.54, 1.807) is 0 Å². The minimum atomic E-state index is -1.10. The number of amides is 1. The smallest absolute Gasteiger partial charge is 0.326 e. The Morgan fingerprint density at radius 3 is 2.50 bits per heavy atom. The van der Waals surface area contributed by atoms with Gasteiger partial charge in [0.2, 0.25) is 5.91 Å². The van der Waals surface area contributed by atoms with Gasteiger partial charge in [-0.1, -0.05) is 0 Å². The summed E-state index contributed by atoms with van der Waals surface area (Å²) < 4.78 is 26.0. The van der Waals surface area contributed by atoms with Crippen LogP contribution in [0.1, 0.15) is 18.4 Å². The fraction of sp³-hybridized carbons (Fsp3) is 0.333. The van der Waals surface area contributed by atoms with Crippen molar-refractivity contribution < 1.29 is 23.5 Å². The number of benzene rings is 1. The summed E-state index contributed by atoms with van der Waals surface area (Å²) in [4.78, 5) is 23.6. The summed E-state index contributed by atoms with van der Waals surface area (Å²) >= 11 is 0. The second-order valence-electron chi connectivity index (χ2n) is 4.19. The molecule has 1 fully saturated rings. The van der Waals surface area contributed by atoms with Gasteiger partial charge < -0.3 is 10.0 Å². The Bertz CT molecular complexity index is 484. The molecule has 0 radical (unpaired) electrons. The Labute approximate surface area is 102 Å². The predicted molar refractivity (Wildman–Crippen MR) is 57.6 cm³/mol. The molecule has 1 saturated heterocycles. The maximum absolute atomic E-state index is 13.0. The minimum absolute atomic E-state index is 0.0928. The molecule has 96 valence electrons. The molecule has 0 spiro atoms. The fourth-order valence-corrected chi connectivity index (χ4v) is 2.09. The molecule has 4 nitrogen and oxygen atoms in total. The summed E-state index contributed by atoms with van der Waals surface area (Å²) in [7, 11) is 0. The van der Waals surface area contributed by atoms with E-state index in [1.165, 1.54) is 0 Å². The van der Waals surface area contributed by atoms with E-state index in [9.17, 15) is 18.4 Å². The predicted octanol–water partition coefficient (Wildman–Crippen LogP) is 1.54. The van der Waals surface area contributed by atoms with E-state index in [0.717, 1.165) is 23.1 Å². The van der Waals surface area contributed by atoms with Crippen molar-refractivity contribution in [2.75, 3.05) is 0 Å². The normalized spacial score (nSPS) is 19.3. The molecule has 0 aliphatic carbocycles. The van der Waals surface area contributed by atoms with Gasteiger partial charge in [-0.05, 0) is 24.1 Å². The van der Waals surface area contributed by atoms with E-state index in [0.29, 0.717) is 0 Å². The number of halogens is 2. The summed E-state index contributed by atoms with van der Waals surface area (Å²) in [5, 5.41) is 8.95. The molecule has 1 aliphatic heterocycles. The van der Waals surface area contributed by atoms with Crippen molar-refractivity contribution in [3.63, 3.8) is 0 Å². The highest BCUT2D eigenvalue weighted by Gasteiger charge is 2.35. The molecule has 1 atom stereocenters. The lowest BCUT2D eigenvalue weighted by Gasteiger charge is -2.21. The van der Waals surface area contributed by atoms with E-state index in [-0.39, 0.29) is 30.9 Å². The Morgan fingerprint density at radius 1 is 1.33 bits per heavy atom. The number of hydrogen-bond acceptors (Lipinski definition) is 2. The van der Waals surface area contributed by atoms with Crippen LogP contribution in [0.4, 0.5) is 8.78 Å². The van der Waals surface area contributed by atoms with Crippen LogP contribution < -0.4 is 0 Å². The quantitative estimate of drug-likeness (QED) is 0.891. The monoisotopic (exact) mass is 255 g/mol. The zero-order valence-electron chi connectivity index (χ0n) is 9.40. The summed E-state index contributed by atoms with van der Waals surface area (Å²) in [5.74, 6) is -2.91. The van der Waals surface area contributed by atoms with Crippen LogP contribution >= 0.6 is 0 Å². The molecule has 0 saturated carbocycles. The Morgan fingerprint density at radius 2 is 1.94 bits per heavy atom. The van der Waals surface area contributed by atoms with Crippen LogP contribution in [0.15, 0.2) is 18.2 Å². The van der Waals surface area contributed by atoms with Gasteiger partial charge >= 0.3 is 5.97 Å². The van der Waals surface area contributed by atoms with Gasteiger partial charge in [0.1, 0.15) is 17.7 Å². The lowest BCUT2D eigenvalue weighted by molar-refractivity contribution is -0.146. The summed E-state index contributed by atoms with van der Waals surface area (Å²) in [5.41, 5.74) is 0.244. The highest BCUT2D eigenvalue weighted by molar-refractivity contribution is 5.87. The lowest BCUT2D eigenvalue weighted by atomic mass is 10.1. The van der Waals surface area contributed by atoms with E-state index >= 15 is 0 Å². The first kappa shape index (κ1) is 12.5. The first-order chi connectivity index (χ1) is 8.47. The number of likely N-dealkylation sites (tertiary alicyclic amines) is 1. The van der Waals surface area contributed by atoms with Gasteiger partial charge in [0.05, 0.1) is 0 Å². The lowest BCUT2D eigenvalue weighted by Crippen LogP contribution is -2.37. The Balaban J connectivity index is 2.21. The summed E-state index contributed by atoms with van der Waals surface area (Å²) in [6, 6.07) is 1.99. The third-order valence-electron chi connectivity index (χ3n) is 2.89. The number of rotatable bonds is 3. The number of carboxylic acids is 1. The molecular formula is C12H11F2NO3. The number of carbonyl (C=O) groups excluding carboxylic acids is 1. The zero-order valence-corrected chi connectivity index (χ0v) is 9.40. The maximum atomic E-state index is 13.0. The van der Waals surface area contributed by atoms with Crippen molar-refractivity contribution in [2.45, 2.75) is 25.4 Å².